The summed E-state index contributed by atoms with van der Waals surface area (Å²) in [5.41, 5.74) is 0.939. The molecule has 0 unspecified atom stereocenters. The van der Waals surface area contributed by atoms with Crippen molar-refractivity contribution in [1.29, 1.82) is 5.26 Å². The molecular formula is C17H24N2O2. The quantitative estimate of drug-likeness (QED) is 0.800. The number of ether oxygens (including phenoxy) is 1. The Morgan fingerprint density at radius 1 is 1.48 bits per heavy atom. The fourth-order valence-electron chi connectivity index (χ4n) is 3.28. The zero-order valence-electron chi connectivity index (χ0n) is 13.3. The van der Waals surface area contributed by atoms with Gasteiger partial charge in [0.25, 0.3) is 0 Å². The Bertz CT molecular complexity index is 554. The third-order valence-electron chi connectivity index (χ3n) is 4.56. The van der Waals surface area contributed by atoms with Crippen molar-refractivity contribution < 1.29 is 9.53 Å². The second-order valence-electron chi connectivity index (χ2n) is 6.61. The first-order valence-electron chi connectivity index (χ1n) is 7.69. The minimum atomic E-state index is -0.316. The summed E-state index contributed by atoms with van der Waals surface area (Å²) in [7, 11) is 1.76. The van der Waals surface area contributed by atoms with Gasteiger partial charge in [0, 0.05) is 13.2 Å². The highest BCUT2D eigenvalue weighted by Crippen LogP contribution is 2.35. The number of nitrogens with zero attached hydrogens (tertiary/aromatic N) is 2. The molecule has 0 bridgehead atoms. The molecule has 2 rings (SSSR count). The number of rotatable bonds is 3. The van der Waals surface area contributed by atoms with Crippen molar-refractivity contribution >= 4 is 5.97 Å². The predicted octanol–water partition coefficient (Wildman–Crippen LogP) is 3.51. The molecule has 0 radical (unpaired) electrons. The van der Waals surface area contributed by atoms with Gasteiger partial charge in [0.2, 0.25) is 0 Å². The minimum Gasteiger partial charge on any atom is -0.457 e. The molecule has 21 heavy (non-hydrogen) atoms. The number of hydrogen-bond acceptors (Lipinski definition) is 3. The predicted molar refractivity (Wildman–Crippen MR) is 80.7 cm³/mol. The second kappa shape index (κ2) is 6.34. The molecular weight excluding hydrogens is 264 g/mol. The summed E-state index contributed by atoms with van der Waals surface area (Å²) in [4.78, 5) is 12.4. The van der Waals surface area contributed by atoms with Crippen molar-refractivity contribution in [2.45, 2.75) is 46.1 Å². The molecule has 1 fully saturated rings. The molecule has 0 saturated heterocycles. The van der Waals surface area contributed by atoms with E-state index in [0.29, 0.717) is 29.0 Å². The monoisotopic (exact) mass is 288 g/mol. The molecule has 1 aromatic heterocycles. The summed E-state index contributed by atoms with van der Waals surface area (Å²) in [6.07, 6.45) is 4.90. The van der Waals surface area contributed by atoms with Crippen LogP contribution in [0.2, 0.25) is 0 Å². The standard InChI is InChI=1S/C17H24N2O2/c1-11(2)14-6-5-12(3)7-16(14)21-17(20)15-8-13(9-18)10-19(15)4/h8,10-12,14,16H,5-7H2,1-4H3/t12-,14+,16-/m1/s1. The van der Waals surface area contributed by atoms with E-state index in [0.717, 1.165) is 12.8 Å². The molecule has 1 aliphatic rings. The molecule has 0 aromatic carbocycles. The lowest BCUT2D eigenvalue weighted by atomic mass is 9.75. The van der Waals surface area contributed by atoms with E-state index < -0.39 is 0 Å². The number of esters is 1. The van der Waals surface area contributed by atoms with Crippen LogP contribution in [0.1, 0.15) is 56.1 Å². The summed E-state index contributed by atoms with van der Waals surface area (Å²) in [5, 5.41) is 8.91. The Kier molecular flexibility index (Phi) is 4.72. The van der Waals surface area contributed by atoms with Gasteiger partial charge in [-0.3, -0.25) is 0 Å². The fraction of sp³-hybridized carbons (Fsp3) is 0.647. The molecule has 0 N–H and O–H groups in total. The van der Waals surface area contributed by atoms with Crippen molar-refractivity contribution in [2.24, 2.45) is 24.8 Å². The molecule has 3 atom stereocenters. The third-order valence-corrected chi connectivity index (χ3v) is 4.56. The molecule has 4 nitrogen and oxygen atoms in total. The van der Waals surface area contributed by atoms with E-state index in [4.69, 9.17) is 10.00 Å². The molecule has 1 saturated carbocycles. The van der Waals surface area contributed by atoms with E-state index >= 15 is 0 Å². The average Bonchev–Trinajstić information content (AvgIpc) is 2.80. The number of carbonyl (C=O) groups excluding carboxylic acids is 1. The van der Waals surface area contributed by atoms with Gasteiger partial charge in [0.15, 0.2) is 0 Å². The van der Waals surface area contributed by atoms with Crippen molar-refractivity contribution in [3.63, 3.8) is 0 Å². The molecule has 0 amide bonds. The van der Waals surface area contributed by atoms with Crippen LogP contribution in [0.3, 0.4) is 0 Å². The smallest absolute Gasteiger partial charge is 0.355 e. The summed E-state index contributed by atoms with van der Waals surface area (Å²) < 4.78 is 7.46. The van der Waals surface area contributed by atoms with E-state index in [-0.39, 0.29) is 12.1 Å². The van der Waals surface area contributed by atoms with E-state index in [2.05, 4.69) is 26.8 Å². The van der Waals surface area contributed by atoms with Crippen LogP contribution >= 0.6 is 0 Å². The van der Waals surface area contributed by atoms with Crippen LogP contribution in [0.15, 0.2) is 12.3 Å². The Morgan fingerprint density at radius 3 is 2.76 bits per heavy atom. The number of aryl methyl sites for hydroxylation is 1. The first-order valence-corrected chi connectivity index (χ1v) is 7.69. The lowest BCUT2D eigenvalue weighted by molar-refractivity contribution is -0.0181. The van der Waals surface area contributed by atoms with Gasteiger partial charge in [-0.15, -0.1) is 0 Å². The number of nitriles is 1. The van der Waals surface area contributed by atoms with Gasteiger partial charge in [-0.25, -0.2) is 4.79 Å². The molecule has 4 heteroatoms. The minimum absolute atomic E-state index is 0.0123. The summed E-state index contributed by atoms with van der Waals surface area (Å²) >= 11 is 0. The van der Waals surface area contributed by atoms with Crippen LogP contribution < -0.4 is 0 Å². The normalized spacial score (nSPS) is 25.6. The second-order valence-corrected chi connectivity index (χ2v) is 6.61. The van der Waals surface area contributed by atoms with Crippen molar-refractivity contribution in [1.82, 2.24) is 4.57 Å². The molecule has 0 aliphatic heterocycles. The maximum atomic E-state index is 12.4. The summed E-state index contributed by atoms with van der Waals surface area (Å²) in [6, 6.07) is 3.65. The zero-order chi connectivity index (χ0) is 15.6. The topological polar surface area (TPSA) is 55.0 Å². The van der Waals surface area contributed by atoms with Gasteiger partial charge >= 0.3 is 5.97 Å². The maximum Gasteiger partial charge on any atom is 0.355 e. The third kappa shape index (κ3) is 3.47. The Labute approximate surface area is 126 Å². The first-order chi connectivity index (χ1) is 9.92. The average molecular weight is 288 g/mol. The van der Waals surface area contributed by atoms with Gasteiger partial charge in [-0.1, -0.05) is 27.2 Å². The lowest BCUT2D eigenvalue weighted by Gasteiger charge is -2.36. The van der Waals surface area contributed by atoms with Gasteiger partial charge in [0.1, 0.15) is 17.9 Å². The lowest BCUT2D eigenvalue weighted by Crippen LogP contribution is -2.36. The molecule has 0 spiro atoms. The largest absolute Gasteiger partial charge is 0.457 e. The van der Waals surface area contributed by atoms with E-state index in [9.17, 15) is 4.79 Å². The van der Waals surface area contributed by atoms with Crippen LogP contribution in [0, 0.1) is 29.1 Å². The van der Waals surface area contributed by atoms with Crippen LogP contribution in [-0.4, -0.2) is 16.6 Å². The van der Waals surface area contributed by atoms with Crippen LogP contribution in [0.5, 0.6) is 0 Å². The first kappa shape index (κ1) is 15.6. The fourth-order valence-corrected chi connectivity index (χ4v) is 3.28. The summed E-state index contributed by atoms with van der Waals surface area (Å²) in [5.74, 6) is 1.23. The summed E-state index contributed by atoms with van der Waals surface area (Å²) in [6.45, 7) is 6.60. The number of carbonyl (C=O) groups is 1. The van der Waals surface area contributed by atoms with Gasteiger partial charge in [-0.05, 0) is 36.7 Å². The Balaban J connectivity index is 2.12. The highest BCUT2D eigenvalue weighted by atomic mass is 16.5. The molecule has 1 aliphatic carbocycles. The Hall–Kier alpha value is -1.76. The maximum absolute atomic E-state index is 12.4. The van der Waals surface area contributed by atoms with Crippen LogP contribution in [-0.2, 0) is 11.8 Å². The van der Waals surface area contributed by atoms with Crippen molar-refractivity contribution in [3.8, 4) is 6.07 Å². The SMILES string of the molecule is CC(C)[C@@H]1CC[C@@H](C)C[C@H]1OC(=O)c1cc(C#N)cn1C. The van der Waals surface area contributed by atoms with E-state index in [1.54, 1.807) is 23.9 Å². The highest BCUT2D eigenvalue weighted by Gasteiger charge is 2.34. The molecule has 1 aromatic rings. The number of aromatic nitrogens is 1. The van der Waals surface area contributed by atoms with Gasteiger partial charge in [0.05, 0.1) is 5.56 Å². The van der Waals surface area contributed by atoms with Gasteiger partial charge < -0.3 is 9.30 Å². The Morgan fingerprint density at radius 2 is 2.19 bits per heavy atom. The van der Waals surface area contributed by atoms with Crippen LogP contribution in [0.4, 0.5) is 0 Å². The van der Waals surface area contributed by atoms with E-state index in [1.165, 1.54) is 6.42 Å². The number of hydrogen-bond donors (Lipinski definition) is 0. The van der Waals surface area contributed by atoms with Crippen molar-refractivity contribution in [2.75, 3.05) is 0 Å². The zero-order valence-corrected chi connectivity index (χ0v) is 13.3. The van der Waals surface area contributed by atoms with E-state index in [1.807, 2.05) is 0 Å². The highest BCUT2D eigenvalue weighted by molar-refractivity contribution is 5.88. The van der Waals surface area contributed by atoms with Crippen LogP contribution in [0.25, 0.3) is 0 Å². The molecule has 1 heterocycles. The van der Waals surface area contributed by atoms with Gasteiger partial charge in [-0.2, -0.15) is 5.26 Å². The molecule has 114 valence electrons. The van der Waals surface area contributed by atoms with Crippen molar-refractivity contribution in [3.05, 3.63) is 23.5 Å².